The Hall–Kier alpha value is -2.11. The molecule has 0 saturated carbocycles. The number of hydrogen-bond acceptors (Lipinski definition) is 3. The minimum Gasteiger partial charge on any atom is -0.484 e. The average molecular weight is 362 g/mol. The van der Waals surface area contributed by atoms with Gasteiger partial charge in [-0.2, -0.15) is 0 Å². The molecule has 1 aromatic rings. The van der Waals surface area contributed by atoms with Gasteiger partial charge in [0.05, 0.1) is 0 Å². The zero-order valence-corrected chi connectivity index (χ0v) is 15.2. The molecule has 2 saturated heterocycles. The van der Waals surface area contributed by atoms with Crippen molar-refractivity contribution in [2.75, 3.05) is 32.8 Å². The lowest BCUT2D eigenvalue weighted by Gasteiger charge is -2.34. The summed E-state index contributed by atoms with van der Waals surface area (Å²) in [6, 6.07) is 5.63. The van der Waals surface area contributed by atoms with Crippen LogP contribution in [0.5, 0.6) is 5.75 Å². The number of carbonyl (C=O) groups excluding carboxylic acids is 2. The summed E-state index contributed by atoms with van der Waals surface area (Å²) in [5.74, 6) is 0.359. The molecule has 5 nitrogen and oxygen atoms in total. The first kappa shape index (κ1) is 18.7. The van der Waals surface area contributed by atoms with Gasteiger partial charge in [-0.05, 0) is 49.9 Å². The molecule has 0 radical (unpaired) electrons. The van der Waals surface area contributed by atoms with Crippen LogP contribution in [0.15, 0.2) is 24.3 Å². The number of amides is 2. The Morgan fingerprint density at radius 2 is 1.54 bits per heavy atom. The third-order valence-electron chi connectivity index (χ3n) is 5.29. The Kier molecular flexibility index (Phi) is 6.47. The average Bonchev–Trinajstić information content (AvgIpc) is 2.96. The highest BCUT2D eigenvalue weighted by atomic mass is 19.1. The maximum Gasteiger partial charge on any atom is 0.260 e. The van der Waals surface area contributed by atoms with Gasteiger partial charge in [-0.3, -0.25) is 9.59 Å². The van der Waals surface area contributed by atoms with Crippen molar-refractivity contribution in [3.8, 4) is 5.75 Å². The Bertz CT molecular complexity index is 604. The van der Waals surface area contributed by atoms with Gasteiger partial charge in [-0.1, -0.05) is 12.8 Å². The van der Waals surface area contributed by atoms with E-state index in [2.05, 4.69) is 0 Å². The first-order valence-electron chi connectivity index (χ1n) is 9.58. The first-order chi connectivity index (χ1) is 12.6. The molecule has 0 bridgehead atoms. The normalized spacial score (nSPS) is 19.1. The molecule has 2 amide bonds. The molecule has 0 N–H and O–H groups in total. The van der Waals surface area contributed by atoms with E-state index in [1.807, 2.05) is 4.90 Å². The number of piperidine rings is 1. The van der Waals surface area contributed by atoms with Crippen molar-refractivity contribution in [3.63, 3.8) is 0 Å². The van der Waals surface area contributed by atoms with Crippen LogP contribution in [0.25, 0.3) is 0 Å². The number of hydrogen-bond donors (Lipinski definition) is 0. The fourth-order valence-corrected chi connectivity index (χ4v) is 3.69. The quantitative estimate of drug-likeness (QED) is 0.828. The van der Waals surface area contributed by atoms with Gasteiger partial charge in [0.1, 0.15) is 11.6 Å². The summed E-state index contributed by atoms with van der Waals surface area (Å²) < 4.78 is 18.3. The van der Waals surface area contributed by atoms with E-state index in [0.717, 1.165) is 38.8 Å². The van der Waals surface area contributed by atoms with E-state index in [4.69, 9.17) is 4.74 Å². The minimum absolute atomic E-state index is 0.0372. The smallest absolute Gasteiger partial charge is 0.260 e. The fourth-order valence-electron chi connectivity index (χ4n) is 3.69. The van der Waals surface area contributed by atoms with Crippen LogP contribution in [0.4, 0.5) is 4.39 Å². The molecular formula is C20H27FN2O3. The predicted octanol–water partition coefficient (Wildman–Crippen LogP) is 2.85. The lowest BCUT2D eigenvalue weighted by molar-refractivity contribution is -0.141. The van der Waals surface area contributed by atoms with Gasteiger partial charge in [0, 0.05) is 32.1 Å². The Balaban J connectivity index is 1.43. The lowest BCUT2D eigenvalue weighted by Crippen LogP contribution is -2.45. The molecule has 0 unspecified atom stereocenters. The van der Waals surface area contributed by atoms with Crippen LogP contribution in [-0.2, 0) is 9.59 Å². The molecule has 3 rings (SSSR count). The summed E-state index contributed by atoms with van der Waals surface area (Å²) in [5, 5.41) is 0. The maximum absolute atomic E-state index is 12.9. The van der Waals surface area contributed by atoms with Crippen LogP contribution < -0.4 is 4.74 Å². The molecular weight excluding hydrogens is 335 g/mol. The van der Waals surface area contributed by atoms with Gasteiger partial charge in [0.25, 0.3) is 5.91 Å². The summed E-state index contributed by atoms with van der Waals surface area (Å²) in [7, 11) is 0. The lowest BCUT2D eigenvalue weighted by atomic mass is 9.95. The third-order valence-corrected chi connectivity index (χ3v) is 5.29. The molecule has 142 valence electrons. The van der Waals surface area contributed by atoms with Gasteiger partial charge < -0.3 is 14.5 Å². The Morgan fingerprint density at radius 3 is 2.15 bits per heavy atom. The summed E-state index contributed by atoms with van der Waals surface area (Å²) in [6.07, 6.45) is 6.07. The van der Waals surface area contributed by atoms with Crippen molar-refractivity contribution in [2.45, 2.75) is 38.5 Å². The van der Waals surface area contributed by atoms with Crippen LogP contribution in [0.2, 0.25) is 0 Å². The summed E-state index contributed by atoms with van der Waals surface area (Å²) in [4.78, 5) is 28.8. The highest BCUT2D eigenvalue weighted by Gasteiger charge is 2.30. The highest BCUT2D eigenvalue weighted by Crippen LogP contribution is 2.22. The van der Waals surface area contributed by atoms with Crippen LogP contribution in [0, 0.1) is 11.7 Å². The fraction of sp³-hybridized carbons (Fsp3) is 0.600. The number of halogens is 1. The van der Waals surface area contributed by atoms with Gasteiger partial charge in [-0.15, -0.1) is 0 Å². The second-order valence-corrected chi connectivity index (χ2v) is 7.14. The highest BCUT2D eigenvalue weighted by molar-refractivity contribution is 5.80. The monoisotopic (exact) mass is 362 g/mol. The van der Waals surface area contributed by atoms with E-state index in [-0.39, 0.29) is 30.2 Å². The second-order valence-electron chi connectivity index (χ2n) is 7.14. The van der Waals surface area contributed by atoms with Crippen molar-refractivity contribution >= 4 is 11.8 Å². The molecule has 1 aromatic carbocycles. The largest absolute Gasteiger partial charge is 0.484 e. The molecule has 26 heavy (non-hydrogen) atoms. The van der Waals surface area contributed by atoms with Gasteiger partial charge >= 0.3 is 0 Å². The van der Waals surface area contributed by atoms with Crippen LogP contribution in [0.3, 0.4) is 0 Å². The topological polar surface area (TPSA) is 49.9 Å². The second kappa shape index (κ2) is 9.01. The van der Waals surface area contributed by atoms with Crippen LogP contribution in [0.1, 0.15) is 38.5 Å². The maximum atomic E-state index is 12.9. The molecule has 0 spiro atoms. The number of nitrogens with zero attached hydrogens (tertiary/aromatic N) is 2. The van der Waals surface area contributed by atoms with E-state index in [1.54, 1.807) is 4.90 Å². The first-order valence-corrected chi connectivity index (χ1v) is 9.58. The van der Waals surface area contributed by atoms with E-state index in [9.17, 15) is 14.0 Å². The van der Waals surface area contributed by atoms with Crippen LogP contribution in [-0.4, -0.2) is 54.4 Å². The predicted molar refractivity (Wildman–Crippen MR) is 96.2 cm³/mol. The van der Waals surface area contributed by atoms with Gasteiger partial charge in [0.2, 0.25) is 5.91 Å². The molecule has 6 heteroatoms. The Morgan fingerprint density at radius 1 is 0.923 bits per heavy atom. The number of ether oxygens (including phenoxy) is 1. The zero-order valence-electron chi connectivity index (χ0n) is 15.2. The minimum atomic E-state index is -0.333. The summed E-state index contributed by atoms with van der Waals surface area (Å²) >= 11 is 0. The molecule has 0 aromatic heterocycles. The van der Waals surface area contributed by atoms with E-state index in [0.29, 0.717) is 18.8 Å². The van der Waals surface area contributed by atoms with Gasteiger partial charge in [-0.25, -0.2) is 4.39 Å². The van der Waals surface area contributed by atoms with Gasteiger partial charge in [0.15, 0.2) is 6.61 Å². The summed E-state index contributed by atoms with van der Waals surface area (Å²) in [6.45, 7) is 2.88. The molecule has 2 fully saturated rings. The van der Waals surface area contributed by atoms with Crippen molar-refractivity contribution < 1.29 is 18.7 Å². The number of carbonyl (C=O) groups is 2. The third kappa shape index (κ3) is 4.96. The zero-order chi connectivity index (χ0) is 18.4. The number of benzene rings is 1. The number of likely N-dealkylation sites (tertiary alicyclic amines) is 2. The summed E-state index contributed by atoms with van der Waals surface area (Å²) in [5.41, 5.74) is 0. The van der Waals surface area contributed by atoms with E-state index >= 15 is 0 Å². The molecule has 0 aliphatic carbocycles. The van der Waals surface area contributed by atoms with Crippen molar-refractivity contribution in [3.05, 3.63) is 30.1 Å². The Labute approximate surface area is 154 Å². The van der Waals surface area contributed by atoms with E-state index in [1.165, 1.54) is 37.1 Å². The van der Waals surface area contributed by atoms with E-state index < -0.39 is 0 Å². The van der Waals surface area contributed by atoms with Crippen molar-refractivity contribution in [2.24, 2.45) is 5.92 Å². The standard InChI is InChI=1S/C20H27FN2O3/c21-17-5-7-18(8-6-17)26-15-19(24)22-13-9-16(10-14-22)20(25)23-11-3-1-2-4-12-23/h5-8,16H,1-4,9-15H2. The van der Waals surface area contributed by atoms with Crippen molar-refractivity contribution in [1.29, 1.82) is 0 Å². The van der Waals surface area contributed by atoms with Crippen LogP contribution >= 0.6 is 0 Å². The number of rotatable bonds is 4. The SMILES string of the molecule is O=C(COc1ccc(F)cc1)N1CCC(C(=O)N2CCCCCC2)CC1. The molecule has 2 heterocycles. The van der Waals surface area contributed by atoms with Crippen molar-refractivity contribution in [1.82, 2.24) is 9.80 Å². The molecule has 0 atom stereocenters. The molecule has 2 aliphatic rings. The molecule has 2 aliphatic heterocycles.